The van der Waals surface area contributed by atoms with Crippen LogP contribution in [-0.4, -0.2) is 20.8 Å². The predicted molar refractivity (Wildman–Crippen MR) is 65.6 cm³/mol. The van der Waals surface area contributed by atoms with Gasteiger partial charge >= 0.3 is 0 Å². The van der Waals surface area contributed by atoms with Crippen molar-refractivity contribution in [1.82, 2.24) is 15.0 Å². The lowest BCUT2D eigenvalue weighted by Crippen LogP contribution is -2.01. The van der Waals surface area contributed by atoms with Crippen molar-refractivity contribution in [3.8, 4) is 5.69 Å². The van der Waals surface area contributed by atoms with E-state index in [0.29, 0.717) is 5.69 Å². The van der Waals surface area contributed by atoms with Crippen LogP contribution < -0.4 is 0 Å². The van der Waals surface area contributed by atoms with Gasteiger partial charge in [-0.25, -0.2) is 4.68 Å². The Labute approximate surface area is 100 Å². The molecule has 88 valence electrons. The number of hydrogen-bond donors (Lipinski definition) is 0. The average Bonchev–Trinajstić information content (AvgIpc) is 2.64. The molecule has 1 heterocycles. The van der Waals surface area contributed by atoms with Crippen molar-refractivity contribution in [2.24, 2.45) is 0 Å². The maximum atomic E-state index is 11.3. The Balaban J connectivity index is 2.53. The zero-order valence-electron chi connectivity index (χ0n) is 10.5. The number of aryl methyl sites for hydroxylation is 2. The molecule has 0 aliphatic rings. The van der Waals surface area contributed by atoms with Gasteiger partial charge in [-0.2, -0.15) is 0 Å². The Hall–Kier alpha value is -1.97. The number of aromatic nitrogens is 3. The third kappa shape index (κ3) is 1.98. The van der Waals surface area contributed by atoms with Crippen molar-refractivity contribution in [2.45, 2.75) is 27.7 Å². The standard InChI is InChI=1S/C13H15N3O/c1-8-5-6-12(7-9(8)2)16-10(3)13(11(4)17)14-15-16/h5-7H,1-4H3. The Morgan fingerprint density at radius 3 is 2.41 bits per heavy atom. The largest absolute Gasteiger partial charge is 0.293 e. The first kappa shape index (κ1) is 11.5. The van der Waals surface area contributed by atoms with Crippen molar-refractivity contribution in [1.29, 1.82) is 0 Å². The van der Waals surface area contributed by atoms with Gasteiger partial charge in [-0.1, -0.05) is 11.3 Å². The second-order valence-corrected chi connectivity index (χ2v) is 4.26. The summed E-state index contributed by atoms with van der Waals surface area (Å²) >= 11 is 0. The van der Waals surface area contributed by atoms with Crippen LogP contribution in [0.3, 0.4) is 0 Å². The van der Waals surface area contributed by atoms with Gasteiger partial charge in [0.15, 0.2) is 11.5 Å². The molecule has 0 atom stereocenters. The summed E-state index contributed by atoms with van der Waals surface area (Å²) in [6.07, 6.45) is 0. The summed E-state index contributed by atoms with van der Waals surface area (Å²) in [4.78, 5) is 11.3. The fourth-order valence-electron chi connectivity index (χ4n) is 1.76. The van der Waals surface area contributed by atoms with Crippen LogP contribution in [0.1, 0.15) is 34.2 Å². The van der Waals surface area contributed by atoms with Gasteiger partial charge in [0.25, 0.3) is 0 Å². The first-order valence-corrected chi connectivity index (χ1v) is 5.51. The highest BCUT2D eigenvalue weighted by atomic mass is 16.1. The molecule has 0 spiro atoms. The third-order valence-corrected chi connectivity index (χ3v) is 2.96. The summed E-state index contributed by atoms with van der Waals surface area (Å²) < 4.78 is 1.70. The van der Waals surface area contributed by atoms with Crippen molar-refractivity contribution in [3.05, 3.63) is 40.7 Å². The van der Waals surface area contributed by atoms with Crippen LogP contribution in [0.5, 0.6) is 0 Å². The highest BCUT2D eigenvalue weighted by molar-refractivity contribution is 5.93. The van der Waals surface area contributed by atoms with Crippen molar-refractivity contribution in [3.63, 3.8) is 0 Å². The molecule has 0 bridgehead atoms. The van der Waals surface area contributed by atoms with Gasteiger partial charge in [0.2, 0.25) is 0 Å². The van der Waals surface area contributed by atoms with Crippen LogP contribution >= 0.6 is 0 Å². The van der Waals surface area contributed by atoms with Crippen molar-refractivity contribution >= 4 is 5.78 Å². The zero-order chi connectivity index (χ0) is 12.6. The second kappa shape index (κ2) is 4.13. The first-order chi connectivity index (χ1) is 8.00. The fourth-order valence-corrected chi connectivity index (χ4v) is 1.76. The van der Waals surface area contributed by atoms with E-state index in [9.17, 15) is 4.79 Å². The topological polar surface area (TPSA) is 47.8 Å². The molecule has 0 unspecified atom stereocenters. The first-order valence-electron chi connectivity index (χ1n) is 5.51. The Bertz CT molecular complexity index is 584. The molecule has 0 aliphatic carbocycles. The summed E-state index contributed by atoms with van der Waals surface area (Å²) in [6.45, 7) is 7.47. The molecule has 0 amide bonds. The second-order valence-electron chi connectivity index (χ2n) is 4.26. The minimum atomic E-state index is -0.0578. The lowest BCUT2D eigenvalue weighted by atomic mass is 10.1. The predicted octanol–water partition coefficient (Wildman–Crippen LogP) is 2.40. The number of benzene rings is 1. The van der Waals surface area contributed by atoms with Gasteiger partial charge in [0.05, 0.1) is 11.4 Å². The van der Waals surface area contributed by atoms with Gasteiger partial charge in [-0.3, -0.25) is 4.79 Å². The minimum Gasteiger partial charge on any atom is -0.293 e. The van der Waals surface area contributed by atoms with Crippen molar-refractivity contribution < 1.29 is 4.79 Å². The highest BCUT2D eigenvalue weighted by Crippen LogP contribution is 2.16. The minimum absolute atomic E-state index is 0.0578. The Kier molecular flexibility index (Phi) is 2.79. The number of Topliss-reactive ketones (excluding diaryl/α,β-unsaturated/α-hetero) is 1. The lowest BCUT2D eigenvalue weighted by molar-refractivity contribution is 0.101. The number of carbonyl (C=O) groups excluding carboxylic acids is 1. The molecule has 0 N–H and O–H groups in total. The molecule has 2 rings (SSSR count). The van der Waals surface area contributed by atoms with E-state index in [0.717, 1.165) is 11.4 Å². The Morgan fingerprint density at radius 2 is 1.88 bits per heavy atom. The van der Waals surface area contributed by atoms with Crippen LogP contribution in [-0.2, 0) is 0 Å². The van der Waals surface area contributed by atoms with E-state index in [-0.39, 0.29) is 5.78 Å². The molecule has 4 heteroatoms. The number of nitrogens with zero attached hydrogens (tertiary/aromatic N) is 3. The van der Waals surface area contributed by atoms with E-state index in [1.807, 2.05) is 25.1 Å². The molecule has 0 saturated heterocycles. The molecular formula is C13H15N3O. The monoisotopic (exact) mass is 229 g/mol. The smallest absolute Gasteiger partial charge is 0.181 e. The van der Waals surface area contributed by atoms with E-state index in [2.05, 4.69) is 24.2 Å². The zero-order valence-corrected chi connectivity index (χ0v) is 10.5. The lowest BCUT2D eigenvalue weighted by Gasteiger charge is -2.06. The van der Waals surface area contributed by atoms with Gasteiger partial charge < -0.3 is 0 Å². The van der Waals surface area contributed by atoms with Crippen LogP contribution in [0.2, 0.25) is 0 Å². The molecule has 0 radical (unpaired) electrons. The molecule has 4 nitrogen and oxygen atoms in total. The van der Waals surface area contributed by atoms with Crippen molar-refractivity contribution in [2.75, 3.05) is 0 Å². The van der Waals surface area contributed by atoms with E-state index >= 15 is 0 Å². The molecule has 0 saturated carbocycles. The van der Waals surface area contributed by atoms with Gasteiger partial charge in [0, 0.05) is 6.92 Å². The summed E-state index contributed by atoms with van der Waals surface area (Å²) in [5.41, 5.74) is 4.58. The molecule has 2 aromatic rings. The van der Waals surface area contributed by atoms with Crippen LogP contribution in [0.4, 0.5) is 0 Å². The number of ketones is 1. The number of carbonyl (C=O) groups is 1. The van der Waals surface area contributed by atoms with E-state index < -0.39 is 0 Å². The average molecular weight is 229 g/mol. The van der Waals surface area contributed by atoms with Crippen LogP contribution in [0.15, 0.2) is 18.2 Å². The molecule has 0 aliphatic heterocycles. The number of rotatable bonds is 2. The van der Waals surface area contributed by atoms with E-state index in [1.165, 1.54) is 18.1 Å². The molecular weight excluding hydrogens is 214 g/mol. The normalized spacial score (nSPS) is 10.6. The fraction of sp³-hybridized carbons (Fsp3) is 0.308. The van der Waals surface area contributed by atoms with Crippen LogP contribution in [0.25, 0.3) is 5.69 Å². The molecule has 1 aromatic heterocycles. The van der Waals surface area contributed by atoms with Gasteiger partial charge in [-0.15, -0.1) is 5.10 Å². The molecule has 1 aromatic carbocycles. The SMILES string of the molecule is CC(=O)c1nnn(-c2ccc(C)c(C)c2)c1C. The van der Waals surface area contributed by atoms with Crippen LogP contribution in [0, 0.1) is 20.8 Å². The number of hydrogen-bond acceptors (Lipinski definition) is 3. The van der Waals surface area contributed by atoms with Gasteiger partial charge in [0.1, 0.15) is 0 Å². The van der Waals surface area contributed by atoms with Gasteiger partial charge in [-0.05, 0) is 44.0 Å². The summed E-state index contributed by atoms with van der Waals surface area (Å²) in [6, 6.07) is 6.06. The third-order valence-electron chi connectivity index (χ3n) is 2.96. The maximum absolute atomic E-state index is 11.3. The molecule has 0 fully saturated rings. The quantitative estimate of drug-likeness (QED) is 0.743. The maximum Gasteiger partial charge on any atom is 0.181 e. The summed E-state index contributed by atoms with van der Waals surface area (Å²) in [5, 5.41) is 7.93. The summed E-state index contributed by atoms with van der Waals surface area (Å²) in [7, 11) is 0. The summed E-state index contributed by atoms with van der Waals surface area (Å²) in [5.74, 6) is -0.0578. The van der Waals surface area contributed by atoms with E-state index in [4.69, 9.17) is 0 Å². The van der Waals surface area contributed by atoms with E-state index in [1.54, 1.807) is 4.68 Å². The molecule has 17 heavy (non-hydrogen) atoms. The Morgan fingerprint density at radius 1 is 1.18 bits per heavy atom. The highest BCUT2D eigenvalue weighted by Gasteiger charge is 2.13.